The molecule has 2 rings (SSSR count). The van der Waals surface area contributed by atoms with Gasteiger partial charge in [-0.1, -0.05) is 13.3 Å². The first-order valence-corrected chi connectivity index (χ1v) is 9.64. The Kier molecular flexibility index (Phi) is 5.59. The van der Waals surface area contributed by atoms with Gasteiger partial charge in [-0.3, -0.25) is 4.79 Å². The van der Waals surface area contributed by atoms with Crippen molar-refractivity contribution in [1.82, 2.24) is 15.0 Å². The molecule has 1 aromatic rings. The average Bonchev–Trinajstić information content (AvgIpc) is 2.87. The number of anilines is 1. The van der Waals surface area contributed by atoms with Crippen molar-refractivity contribution >= 4 is 21.7 Å². The highest BCUT2D eigenvalue weighted by molar-refractivity contribution is 7.88. The highest BCUT2D eigenvalue weighted by Crippen LogP contribution is 2.28. The molecule has 0 saturated carbocycles. The quantitative estimate of drug-likeness (QED) is 0.791. The van der Waals surface area contributed by atoms with Crippen LogP contribution in [0, 0.1) is 5.92 Å². The lowest BCUT2D eigenvalue weighted by molar-refractivity contribution is 0.0963. The van der Waals surface area contributed by atoms with Crippen LogP contribution in [0.3, 0.4) is 0 Å². The SMILES string of the molecule is CCC[C@H]1CN(c2ncccc2C(=O)NC)C[C@@H]1NS(C)(=O)=O. The van der Waals surface area contributed by atoms with E-state index in [-0.39, 0.29) is 17.9 Å². The Labute approximate surface area is 137 Å². The summed E-state index contributed by atoms with van der Waals surface area (Å²) in [6.07, 6.45) is 4.72. The van der Waals surface area contributed by atoms with E-state index in [0.29, 0.717) is 24.5 Å². The number of pyridine rings is 1. The molecule has 1 fully saturated rings. The van der Waals surface area contributed by atoms with E-state index in [1.54, 1.807) is 25.4 Å². The van der Waals surface area contributed by atoms with Crippen LogP contribution in [0.2, 0.25) is 0 Å². The van der Waals surface area contributed by atoms with Gasteiger partial charge in [-0.25, -0.2) is 18.1 Å². The molecule has 0 spiro atoms. The minimum atomic E-state index is -3.27. The summed E-state index contributed by atoms with van der Waals surface area (Å²) >= 11 is 0. The van der Waals surface area contributed by atoms with Crippen molar-refractivity contribution < 1.29 is 13.2 Å². The first kappa shape index (κ1) is 17.7. The molecule has 2 atom stereocenters. The standard InChI is InChI=1S/C15H24N4O3S/c1-4-6-11-9-19(10-13(11)18-23(3,21)22)14-12(15(20)16-2)7-5-8-17-14/h5,7-8,11,13,18H,4,6,9-10H2,1-3H3,(H,16,20)/t11-,13-/m0/s1. The lowest BCUT2D eigenvalue weighted by Gasteiger charge is -2.20. The summed E-state index contributed by atoms with van der Waals surface area (Å²) in [4.78, 5) is 18.4. The van der Waals surface area contributed by atoms with Crippen molar-refractivity contribution in [3.63, 3.8) is 0 Å². The van der Waals surface area contributed by atoms with Crippen LogP contribution < -0.4 is 14.9 Å². The van der Waals surface area contributed by atoms with E-state index in [2.05, 4.69) is 21.9 Å². The van der Waals surface area contributed by atoms with Crippen molar-refractivity contribution in [1.29, 1.82) is 0 Å². The molecule has 1 amide bonds. The molecule has 1 aliphatic heterocycles. The molecule has 128 valence electrons. The second-order valence-electron chi connectivity index (χ2n) is 5.90. The van der Waals surface area contributed by atoms with Crippen molar-refractivity contribution in [3.8, 4) is 0 Å². The topological polar surface area (TPSA) is 91.4 Å². The lowest BCUT2D eigenvalue weighted by atomic mass is 9.99. The third kappa shape index (κ3) is 4.42. The Balaban J connectivity index is 2.26. The van der Waals surface area contributed by atoms with Crippen LogP contribution in [0.5, 0.6) is 0 Å². The van der Waals surface area contributed by atoms with Crippen LogP contribution in [0.25, 0.3) is 0 Å². The number of carbonyl (C=O) groups is 1. The summed E-state index contributed by atoms with van der Waals surface area (Å²) in [5.41, 5.74) is 0.505. The van der Waals surface area contributed by atoms with Crippen LogP contribution >= 0.6 is 0 Å². The first-order valence-electron chi connectivity index (χ1n) is 7.75. The van der Waals surface area contributed by atoms with Gasteiger partial charge in [0.15, 0.2) is 0 Å². The number of aromatic nitrogens is 1. The van der Waals surface area contributed by atoms with E-state index in [9.17, 15) is 13.2 Å². The van der Waals surface area contributed by atoms with Gasteiger partial charge in [0.05, 0.1) is 11.8 Å². The maximum Gasteiger partial charge on any atom is 0.254 e. The van der Waals surface area contributed by atoms with Gasteiger partial charge in [0.2, 0.25) is 10.0 Å². The van der Waals surface area contributed by atoms with Crippen molar-refractivity contribution in [2.45, 2.75) is 25.8 Å². The third-order valence-electron chi connectivity index (χ3n) is 4.02. The summed E-state index contributed by atoms with van der Waals surface area (Å²) in [5.74, 6) is 0.611. The Morgan fingerprint density at radius 3 is 2.78 bits per heavy atom. The molecule has 8 heteroatoms. The van der Waals surface area contributed by atoms with Crippen LogP contribution in [0.4, 0.5) is 5.82 Å². The molecule has 1 aliphatic rings. The molecule has 0 bridgehead atoms. The number of nitrogens with one attached hydrogen (secondary N) is 2. The molecular weight excluding hydrogens is 316 g/mol. The number of nitrogens with zero attached hydrogens (tertiary/aromatic N) is 2. The number of sulfonamides is 1. The van der Waals surface area contributed by atoms with Gasteiger partial charge in [0.25, 0.3) is 5.91 Å². The predicted molar refractivity (Wildman–Crippen MR) is 90.0 cm³/mol. The van der Waals surface area contributed by atoms with E-state index in [1.807, 2.05) is 4.90 Å². The van der Waals surface area contributed by atoms with E-state index >= 15 is 0 Å². The van der Waals surface area contributed by atoms with Gasteiger partial charge in [-0.15, -0.1) is 0 Å². The summed E-state index contributed by atoms with van der Waals surface area (Å²) in [7, 11) is -1.69. The summed E-state index contributed by atoms with van der Waals surface area (Å²) in [6, 6.07) is 3.29. The minimum absolute atomic E-state index is 0.163. The van der Waals surface area contributed by atoms with Gasteiger partial charge >= 0.3 is 0 Å². The van der Waals surface area contributed by atoms with E-state index in [4.69, 9.17) is 0 Å². The number of hydrogen-bond donors (Lipinski definition) is 2. The molecule has 7 nitrogen and oxygen atoms in total. The summed E-state index contributed by atoms with van der Waals surface area (Å²) < 4.78 is 25.9. The number of amides is 1. The van der Waals surface area contributed by atoms with Crippen LogP contribution in [0.15, 0.2) is 18.3 Å². The van der Waals surface area contributed by atoms with Gasteiger partial charge < -0.3 is 10.2 Å². The van der Waals surface area contributed by atoms with E-state index in [0.717, 1.165) is 12.8 Å². The van der Waals surface area contributed by atoms with E-state index in [1.165, 1.54) is 6.26 Å². The average molecular weight is 340 g/mol. The number of carbonyl (C=O) groups excluding carboxylic acids is 1. The molecule has 23 heavy (non-hydrogen) atoms. The fraction of sp³-hybridized carbons (Fsp3) is 0.600. The van der Waals surface area contributed by atoms with Crippen LogP contribution in [-0.2, 0) is 10.0 Å². The monoisotopic (exact) mass is 340 g/mol. The molecule has 1 aromatic heterocycles. The van der Waals surface area contributed by atoms with Gasteiger partial charge in [0.1, 0.15) is 5.82 Å². The van der Waals surface area contributed by atoms with Crippen molar-refractivity contribution in [2.75, 3.05) is 31.3 Å². The zero-order chi connectivity index (χ0) is 17.0. The number of rotatable bonds is 6. The fourth-order valence-electron chi connectivity index (χ4n) is 3.08. The zero-order valence-electron chi connectivity index (χ0n) is 13.7. The summed E-state index contributed by atoms with van der Waals surface area (Å²) in [6.45, 7) is 3.28. The van der Waals surface area contributed by atoms with Crippen molar-refractivity contribution in [3.05, 3.63) is 23.9 Å². The Morgan fingerprint density at radius 1 is 1.43 bits per heavy atom. The molecule has 0 unspecified atom stereocenters. The Morgan fingerprint density at radius 2 is 2.17 bits per heavy atom. The first-order chi connectivity index (χ1) is 10.9. The molecule has 1 saturated heterocycles. The zero-order valence-corrected chi connectivity index (χ0v) is 14.6. The number of hydrogen-bond acceptors (Lipinski definition) is 5. The maximum absolute atomic E-state index is 12.0. The van der Waals surface area contributed by atoms with Gasteiger partial charge in [0, 0.05) is 32.4 Å². The third-order valence-corrected chi connectivity index (χ3v) is 4.75. The lowest BCUT2D eigenvalue weighted by Crippen LogP contribution is -2.40. The molecule has 0 radical (unpaired) electrons. The van der Waals surface area contributed by atoms with Gasteiger partial charge in [-0.05, 0) is 24.5 Å². The minimum Gasteiger partial charge on any atom is -0.355 e. The Bertz CT molecular complexity index is 662. The molecule has 0 aromatic carbocycles. The summed E-state index contributed by atoms with van der Waals surface area (Å²) in [5, 5.41) is 2.61. The Hall–Kier alpha value is -1.67. The molecule has 2 heterocycles. The molecular formula is C15H24N4O3S. The molecule has 2 N–H and O–H groups in total. The smallest absolute Gasteiger partial charge is 0.254 e. The second kappa shape index (κ2) is 7.27. The van der Waals surface area contributed by atoms with Crippen LogP contribution in [0.1, 0.15) is 30.1 Å². The maximum atomic E-state index is 12.0. The second-order valence-corrected chi connectivity index (χ2v) is 7.68. The molecule has 0 aliphatic carbocycles. The highest BCUT2D eigenvalue weighted by Gasteiger charge is 2.35. The largest absolute Gasteiger partial charge is 0.355 e. The van der Waals surface area contributed by atoms with Gasteiger partial charge in [-0.2, -0.15) is 0 Å². The van der Waals surface area contributed by atoms with Crippen molar-refractivity contribution in [2.24, 2.45) is 5.92 Å². The van der Waals surface area contributed by atoms with E-state index < -0.39 is 10.0 Å². The normalized spacial score (nSPS) is 21.4. The van der Waals surface area contributed by atoms with Crippen LogP contribution in [-0.4, -0.2) is 51.7 Å². The highest BCUT2D eigenvalue weighted by atomic mass is 32.2. The predicted octanol–water partition coefficient (Wildman–Crippen LogP) is 0.595. The fourth-order valence-corrected chi connectivity index (χ4v) is 3.89.